The number of nitrogens with zero attached hydrogens (tertiary/aromatic N) is 3. The molecule has 0 saturated heterocycles. The number of nitrogens with one attached hydrogen (secondary N) is 1. The van der Waals surface area contributed by atoms with Gasteiger partial charge in [0.2, 0.25) is 0 Å². The Morgan fingerprint density at radius 3 is 3.00 bits per heavy atom. The molecule has 0 radical (unpaired) electrons. The first-order chi connectivity index (χ1) is 8.68. The number of aryl methyl sites for hydroxylation is 1. The molecule has 0 aliphatic carbocycles. The van der Waals surface area contributed by atoms with Crippen LogP contribution in [0.1, 0.15) is 26.1 Å². The number of fused-ring (bicyclic) bond motifs is 1. The molecule has 0 bridgehead atoms. The first kappa shape index (κ1) is 12.8. The van der Waals surface area contributed by atoms with Crippen molar-refractivity contribution in [3.05, 3.63) is 24.4 Å². The molecule has 0 spiro atoms. The van der Waals surface area contributed by atoms with Gasteiger partial charge in [0.25, 0.3) is 0 Å². The molecule has 0 amide bonds. The van der Waals surface area contributed by atoms with Gasteiger partial charge in [0.05, 0.1) is 12.3 Å². The molecule has 98 valence electrons. The molecule has 5 heteroatoms. The third-order valence-corrected chi connectivity index (χ3v) is 2.71. The molecule has 0 aliphatic rings. The molecular weight excluding hydrogens is 228 g/mol. The van der Waals surface area contributed by atoms with Gasteiger partial charge in [-0.3, -0.25) is 4.40 Å². The van der Waals surface area contributed by atoms with E-state index >= 15 is 0 Å². The second kappa shape index (κ2) is 5.82. The molecule has 5 nitrogen and oxygen atoms in total. The van der Waals surface area contributed by atoms with Crippen molar-refractivity contribution in [1.82, 2.24) is 14.4 Å². The van der Waals surface area contributed by atoms with Gasteiger partial charge in [-0.05, 0) is 27.2 Å². The van der Waals surface area contributed by atoms with E-state index in [-0.39, 0.29) is 0 Å². The Morgan fingerprint density at radius 2 is 2.22 bits per heavy atom. The van der Waals surface area contributed by atoms with E-state index in [0.29, 0.717) is 6.10 Å². The molecule has 2 aromatic heterocycles. The Balaban J connectivity index is 1.92. The van der Waals surface area contributed by atoms with Crippen LogP contribution in [0.15, 0.2) is 18.6 Å². The number of rotatable bonds is 6. The number of ether oxygens (including phenoxy) is 1. The minimum atomic E-state index is 0.295. The third-order valence-electron chi connectivity index (χ3n) is 2.71. The molecule has 0 aliphatic heterocycles. The summed E-state index contributed by atoms with van der Waals surface area (Å²) >= 11 is 0. The zero-order valence-electron chi connectivity index (χ0n) is 11.2. The minimum Gasteiger partial charge on any atom is -0.379 e. The molecule has 0 unspecified atom stereocenters. The number of imidazole rings is 1. The summed E-state index contributed by atoms with van der Waals surface area (Å²) in [7, 11) is 0. The summed E-state index contributed by atoms with van der Waals surface area (Å²) in [5.41, 5.74) is 1.01. The van der Waals surface area contributed by atoms with Crippen LogP contribution in [0.4, 0.5) is 5.82 Å². The summed E-state index contributed by atoms with van der Waals surface area (Å²) in [4.78, 5) is 8.62. The molecular formula is C13H20N4O. The van der Waals surface area contributed by atoms with Crippen molar-refractivity contribution in [3.8, 4) is 0 Å². The molecule has 2 aromatic rings. The van der Waals surface area contributed by atoms with Gasteiger partial charge in [0.1, 0.15) is 11.3 Å². The monoisotopic (exact) mass is 248 g/mol. The highest BCUT2D eigenvalue weighted by Crippen LogP contribution is 2.14. The van der Waals surface area contributed by atoms with Crippen molar-refractivity contribution < 1.29 is 4.74 Å². The highest BCUT2D eigenvalue weighted by Gasteiger charge is 2.04. The minimum absolute atomic E-state index is 0.295. The Hall–Kier alpha value is -1.62. The maximum absolute atomic E-state index is 5.49. The Bertz CT molecular complexity index is 507. The van der Waals surface area contributed by atoms with Gasteiger partial charge in [0.15, 0.2) is 5.82 Å². The first-order valence-corrected chi connectivity index (χ1v) is 6.32. The lowest BCUT2D eigenvalue weighted by molar-refractivity contribution is 0.0787. The van der Waals surface area contributed by atoms with E-state index < -0.39 is 0 Å². The van der Waals surface area contributed by atoms with Crippen molar-refractivity contribution in [2.45, 2.75) is 33.3 Å². The van der Waals surface area contributed by atoms with Crippen molar-refractivity contribution >= 4 is 11.3 Å². The predicted octanol–water partition coefficient (Wildman–Crippen LogP) is 2.26. The van der Waals surface area contributed by atoms with Crippen LogP contribution in [0.3, 0.4) is 0 Å². The van der Waals surface area contributed by atoms with Gasteiger partial charge in [-0.1, -0.05) is 0 Å². The average Bonchev–Trinajstić information content (AvgIpc) is 2.71. The van der Waals surface area contributed by atoms with Gasteiger partial charge >= 0.3 is 0 Å². The van der Waals surface area contributed by atoms with Gasteiger partial charge < -0.3 is 10.1 Å². The van der Waals surface area contributed by atoms with Crippen LogP contribution >= 0.6 is 0 Å². The quantitative estimate of drug-likeness (QED) is 0.797. The van der Waals surface area contributed by atoms with E-state index in [1.54, 1.807) is 6.20 Å². The summed E-state index contributed by atoms with van der Waals surface area (Å²) in [5.74, 6) is 1.85. The largest absolute Gasteiger partial charge is 0.379 e. The number of anilines is 1. The Kier molecular flexibility index (Phi) is 4.15. The zero-order valence-corrected chi connectivity index (χ0v) is 11.2. The standard InChI is InChI=1S/C13H20N4O/c1-10(2)18-8-4-5-14-13-12-9-16-11(3)17(12)7-6-15-13/h6-7,9-10H,4-5,8H2,1-3H3,(H,14,15). The van der Waals surface area contributed by atoms with Crippen LogP contribution in [0.25, 0.3) is 5.52 Å². The molecule has 0 fully saturated rings. The topological polar surface area (TPSA) is 51.5 Å². The van der Waals surface area contributed by atoms with E-state index in [1.807, 2.05) is 37.6 Å². The fourth-order valence-corrected chi connectivity index (χ4v) is 1.79. The molecule has 1 N–H and O–H groups in total. The lowest BCUT2D eigenvalue weighted by atomic mass is 10.4. The summed E-state index contributed by atoms with van der Waals surface area (Å²) in [6.07, 6.45) is 6.81. The number of aromatic nitrogens is 3. The fourth-order valence-electron chi connectivity index (χ4n) is 1.79. The highest BCUT2D eigenvalue weighted by molar-refractivity contribution is 5.66. The van der Waals surface area contributed by atoms with E-state index in [2.05, 4.69) is 15.3 Å². The second-order valence-corrected chi connectivity index (χ2v) is 4.54. The summed E-state index contributed by atoms with van der Waals surface area (Å²) in [6.45, 7) is 7.69. The SMILES string of the molecule is Cc1ncc2c(NCCCOC(C)C)nccn12. The van der Waals surface area contributed by atoms with Crippen LogP contribution in [0.5, 0.6) is 0 Å². The second-order valence-electron chi connectivity index (χ2n) is 4.54. The van der Waals surface area contributed by atoms with E-state index in [1.165, 1.54) is 0 Å². The number of hydrogen-bond donors (Lipinski definition) is 1. The summed E-state index contributed by atoms with van der Waals surface area (Å²) in [6, 6.07) is 0. The van der Waals surface area contributed by atoms with Gasteiger partial charge in [-0.15, -0.1) is 0 Å². The van der Waals surface area contributed by atoms with Crippen molar-refractivity contribution in [2.75, 3.05) is 18.5 Å². The summed E-state index contributed by atoms with van der Waals surface area (Å²) in [5, 5.41) is 3.32. The van der Waals surface area contributed by atoms with Crippen LogP contribution in [-0.2, 0) is 4.74 Å². The maximum atomic E-state index is 5.49. The molecule has 18 heavy (non-hydrogen) atoms. The number of hydrogen-bond acceptors (Lipinski definition) is 4. The van der Waals surface area contributed by atoms with E-state index in [9.17, 15) is 0 Å². The van der Waals surface area contributed by atoms with Crippen molar-refractivity contribution in [1.29, 1.82) is 0 Å². The van der Waals surface area contributed by atoms with Gasteiger partial charge in [-0.25, -0.2) is 9.97 Å². The maximum Gasteiger partial charge on any atom is 0.151 e. The van der Waals surface area contributed by atoms with Crippen LogP contribution in [0.2, 0.25) is 0 Å². The fraction of sp³-hybridized carbons (Fsp3) is 0.538. The Morgan fingerprint density at radius 1 is 1.39 bits per heavy atom. The van der Waals surface area contributed by atoms with Gasteiger partial charge in [-0.2, -0.15) is 0 Å². The first-order valence-electron chi connectivity index (χ1n) is 6.32. The smallest absolute Gasteiger partial charge is 0.151 e. The molecule has 2 rings (SSSR count). The van der Waals surface area contributed by atoms with E-state index in [4.69, 9.17) is 4.74 Å². The van der Waals surface area contributed by atoms with Crippen molar-refractivity contribution in [3.63, 3.8) is 0 Å². The molecule has 2 heterocycles. The Labute approximate surface area is 107 Å². The zero-order chi connectivity index (χ0) is 13.0. The van der Waals surface area contributed by atoms with Crippen molar-refractivity contribution in [2.24, 2.45) is 0 Å². The predicted molar refractivity (Wildman–Crippen MR) is 71.9 cm³/mol. The summed E-state index contributed by atoms with van der Waals surface area (Å²) < 4.78 is 7.52. The molecule has 0 atom stereocenters. The lowest BCUT2D eigenvalue weighted by Crippen LogP contribution is -2.10. The average molecular weight is 248 g/mol. The van der Waals surface area contributed by atoms with Crippen LogP contribution < -0.4 is 5.32 Å². The van der Waals surface area contributed by atoms with E-state index in [0.717, 1.165) is 36.7 Å². The highest BCUT2D eigenvalue weighted by atomic mass is 16.5. The van der Waals surface area contributed by atoms with Crippen LogP contribution in [-0.4, -0.2) is 33.6 Å². The third kappa shape index (κ3) is 2.98. The molecule has 0 saturated carbocycles. The van der Waals surface area contributed by atoms with Crippen LogP contribution in [0, 0.1) is 6.92 Å². The van der Waals surface area contributed by atoms with Gasteiger partial charge in [0, 0.05) is 25.5 Å². The lowest BCUT2D eigenvalue weighted by Gasteiger charge is -2.09. The molecule has 0 aromatic carbocycles. The normalized spacial score (nSPS) is 11.3.